The first-order chi connectivity index (χ1) is 24.3. The lowest BCUT2D eigenvalue weighted by atomic mass is 9.97. The Kier molecular flexibility index (Phi) is 15.0. The van der Waals surface area contributed by atoms with Gasteiger partial charge in [-0.25, -0.2) is 0 Å². The number of carbonyl (C=O) groups is 2. The SMILES string of the molecule is CCC(Oc1ccccc1C(C)CC)C(=O)N(CCN(Cc1ccccc1)C(=O)C(CC)Oc1ccccc1C(C)CC)Cc1ccccc1. The van der Waals surface area contributed by atoms with Crippen LogP contribution in [0.5, 0.6) is 11.5 Å². The summed E-state index contributed by atoms with van der Waals surface area (Å²) >= 11 is 0. The Bertz CT molecular complexity index is 1490. The number of hydrogen-bond donors (Lipinski definition) is 0. The molecule has 0 aliphatic rings. The van der Waals surface area contributed by atoms with Crippen LogP contribution in [0, 0.1) is 0 Å². The average Bonchev–Trinajstić information content (AvgIpc) is 3.16. The van der Waals surface area contributed by atoms with Gasteiger partial charge in [0.15, 0.2) is 12.2 Å². The van der Waals surface area contributed by atoms with Gasteiger partial charge in [0.1, 0.15) is 11.5 Å². The lowest BCUT2D eigenvalue weighted by molar-refractivity contribution is -0.143. The summed E-state index contributed by atoms with van der Waals surface area (Å²) < 4.78 is 13.0. The molecule has 0 saturated carbocycles. The van der Waals surface area contributed by atoms with Crippen LogP contribution in [0.3, 0.4) is 0 Å². The summed E-state index contributed by atoms with van der Waals surface area (Å²) in [5.74, 6) is 1.94. The lowest BCUT2D eigenvalue weighted by Gasteiger charge is -2.32. The maximum absolute atomic E-state index is 14.4. The molecule has 4 unspecified atom stereocenters. The summed E-state index contributed by atoms with van der Waals surface area (Å²) in [5.41, 5.74) is 4.26. The van der Waals surface area contributed by atoms with Gasteiger partial charge in [-0.3, -0.25) is 9.59 Å². The summed E-state index contributed by atoms with van der Waals surface area (Å²) in [6.45, 7) is 14.2. The molecule has 4 rings (SSSR count). The molecule has 4 atom stereocenters. The first kappa shape index (κ1) is 38.2. The first-order valence-electron chi connectivity index (χ1n) is 18.5. The van der Waals surface area contributed by atoms with Crippen molar-refractivity contribution in [3.8, 4) is 11.5 Å². The van der Waals surface area contributed by atoms with E-state index in [9.17, 15) is 9.59 Å². The molecule has 0 bridgehead atoms. The fraction of sp³-hybridized carbons (Fsp3) is 0.409. The molecule has 6 nitrogen and oxygen atoms in total. The molecule has 4 aromatic rings. The Labute approximate surface area is 300 Å². The van der Waals surface area contributed by atoms with Crippen molar-refractivity contribution in [2.45, 2.75) is 104 Å². The highest BCUT2D eigenvalue weighted by Crippen LogP contribution is 2.31. The van der Waals surface area contributed by atoms with Gasteiger partial charge >= 0.3 is 0 Å². The van der Waals surface area contributed by atoms with Gasteiger partial charge < -0.3 is 19.3 Å². The Morgan fingerprint density at radius 2 is 0.840 bits per heavy atom. The minimum Gasteiger partial charge on any atom is -0.480 e. The van der Waals surface area contributed by atoms with Gasteiger partial charge in [-0.2, -0.15) is 0 Å². The molecule has 0 saturated heterocycles. The topological polar surface area (TPSA) is 59.1 Å². The van der Waals surface area contributed by atoms with Crippen LogP contribution < -0.4 is 9.47 Å². The number of para-hydroxylation sites is 2. The predicted octanol–water partition coefficient (Wildman–Crippen LogP) is 9.79. The molecule has 2 amide bonds. The van der Waals surface area contributed by atoms with Gasteiger partial charge in [-0.05, 0) is 71.9 Å². The molecule has 0 heterocycles. The molecular formula is C44H56N2O4. The second-order valence-electron chi connectivity index (χ2n) is 13.2. The average molecular weight is 677 g/mol. The van der Waals surface area contributed by atoms with Crippen molar-refractivity contribution in [1.29, 1.82) is 0 Å². The van der Waals surface area contributed by atoms with Gasteiger partial charge in [0, 0.05) is 26.2 Å². The third kappa shape index (κ3) is 10.5. The van der Waals surface area contributed by atoms with Gasteiger partial charge in [0.05, 0.1) is 0 Å². The van der Waals surface area contributed by atoms with Crippen LogP contribution in [0.2, 0.25) is 0 Å². The van der Waals surface area contributed by atoms with Gasteiger partial charge in [0.2, 0.25) is 0 Å². The third-order valence-corrected chi connectivity index (χ3v) is 9.65. The van der Waals surface area contributed by atoms with E-state index in [1.54, 1.807) is 0 Å². The molecule has 0 aliphatic heterocycles. The lowest BCUT2D eigenvalue weighted by Crippen LogP contribution is -2.48. The van der Waals surface area contributed by atoms with E-state index in [2.05, 4.69) is 39.8 Å². The van der Waals surface area contributed by atoms with Gasteiger partial charge in [-0.15, -0.1) is 0 Å². The monoisotopic (exact) mass is 676 g/mol. The zero-order chi connectivity index (χ0) is 35.9. The predicted molar refractivity (Wildman–Crippen MR) is 203 cm³/mol. The molecule has 50 heavy (non-hydrogen) atoms. The van der Waals surface area contributed by atoms with E-state index in [0.717, 1.165) is 46.6 Å². The fourth-order valence-corrected chi connectivity index (χ4v) is 6.14. The van der Waals surface area contributed by atoms with Crippen LogP contribution in [0.4, 0.5) is 0 Å². The zero-order valence-corrected chi connectivity index (χ0v) is 30.9. The molecular weight excluding hydrogens is 620 g/mol. The molecule has 0 N–H and O–H groups in total. The van der Waals surface area contributed by atoms with E-state index in [-0.39, 0.29) is 11.8 Å². The largest absolute Gasteiger partial charge is 0.480 e. The van der Waals surface area contributed by atoms with Crippen LogP contribution in [0.25, 0.3) is 0 Å². The molecule has 0 radical (unpaired) electrons. The highest BCUT2D eigenvalue weighted by atomic mass is 16.5. The van der Waals surface area contributed by atoms with Crippen LogP contribution in [0.1, 0.15) is 101 Å². The minimum atomic E-state index is -0.661. The molecule has 0 aliphatic carbocycles. The molecule has 4 aromatic carbocycles. The van der Waals surface area contributed by atoms with Crippen molar-refractivity contribution in [3.63, 3.8) is 0 Å². The van der Waals surface area contributed by atoms with Crippen molar-refractivity contribution in [1.82, 2.24) is 9.80 Å². The Morgan fingerprint density at radius 1 is 0.500 bits per heavy atom. The standard InChI is InChI=1S/C44H56N2O4/c1-7-33(5)37-25-17-19-27-41(37)49-39(9-3)43(47)45(31-35-21-13-11-14-22-35)29-30-46(32-36-23-15-12-16-24-36)44(48)40(10-4)50-42-28-20-18-26-38(42)34(6)8-2/h11-28,33-34,39-40H,7-10,29-32H2,1-6H3. The summed E-state index contributed by atoms with van der Waals surface area (Å²) in [6, 6.07) is 36.1. The van der Waals surface area contributed by atoms with E-state index in [4.69, 9.17) is 9.47 Å². The maximum atomic E-state index is 14.4. The summed E-state index contributed by atoms with van der Waals surface area (Å²) in [4.78, 5) is 32.5. The molecule has 6 heteroatoms. The van der Waals surface area contributed by atoms with Gasteiger partial charge in [0.25, 0.3) is 11.8 Å². The van der Waals surface area contributed by atoms with Crippen LogP contribution in [-0.4, -0.2) is 46.9 Å². The van der Waals surface area contributed by atoms with E-state index >= 15 is 0 Å². The maximum Gasteiger partial charge on any atom is 0.263 e. The number of hydrogen-bond acceptors (Lipinski definition) is 4. The van der Waals surface area contributed by atoms with E-state index in [0.29, 0.717) is 50.9 Å². The smallest absolute Gasteiger partial charge is 0.263 e. The van der Waals surface area contributed by atoms with Crippen molar-refractivity contribution in [3.05, 3.63) is 131 Å². The van der Waals surface area contributed by atoms with E-state index in [1.807, 2.05) is 121 Å². The molecule has 0 aromatic heterocycles. The van der Waals surface area contributed by atoms with Crippen molar-refractivity contribution in [2.24, 2.45) is 0 Å². The van der Waals surface area contributed by atoms with E-state index < -0.39 is 12.2 Å². The number of benzene rings is 4. The van der Waals surface area contributed by atoms with Gasteiger partial charge in [-0.1, -0.05) is 139 Å². The molecule has 0 fully saturated rings. The number of nitrogens with zero attached hydrogens (tertiary/aromatic N) is 2. The van der Waals surface area contributed by atoms with Crippen LogP contribution in [0.15, 0.2) is 109 Å². The Morgan fingerprint density at radius 3 is 1.18 bits per heavy atom. The molecule has 266 valence electrons. The van der Waals surface area contributed by atoms with Crippen molar-refractivity contribution in [2.75, 3.05) is 13.1 Å². The van der Waals surface area contributed by atoms with Crippen molar-refractivity contribution >= 4 is 11.8 Å². The second kappa shape index (κ2) is 19.6. The quantitative estimate of drug-likeness (QED) is 0.0992. The zero-order valence-electron chi connectivity index (χ0n) is 30.9. The summed E-state index contributed by atoms with van der Waals surface area (Å²) in [6.07, 6.45) is 1.67. The van der Waals surface area contributed by atoms with Crippen molar-refractivity contribution < 1.29 is 19.1 Å². The highest BCUT2D eigenvalue weighted by molar-refractivity contribution is 5.82. The Balaban J connectivity index is 1.62. The third-order valence-electron chi connectivity index (χ3n) is 9.65. The van der Waals surface area contributed by atoms with E-state index in [1.165, 1.54) is 0 Å². The Hall–Kier alpha value is -4.58. The number of carbonyl (C=O) groups excluding carboxylic acids is 2. The summed E-state index contributed by atoms with van der Waals surface area (Å²) in [5, 5.41) is 0. The van der Waals surface area contributed by atoms with Crippen LogP contribution >= 0.6 is 0 Å². The highest BCUT2D eigenvalue weighted by Gasteiger charge is 2.30. The first-order valence-corrected chi connectivity index (χ1v) is 18.5. The molecule has 0 spiro atoms. The normalized spacial score (nSPS) is 13.5. The number of amides is 2. The fourth-order valence-electron chi connectivity index (χ4n) is 6.14. The van der Waals surface area contributed by atoms with Crippen LogP contribution in [-0.2, 0) is 22.7 Å². The number of rotatable bonds is 19. The summed E-state index contributed by atoms with van der Waals surface area (Å²) in [7, 11) is 0. The second-order valence-corrected chi connectivity index (χ2v) is 13.2. The number of ether oxygens (including phenoxy) is 2. The minimum absolute atomic E-state index is 0.0896.